The van der Waals surface area contributed by atoms with Crippen molar-refractivity contribution in [2.45, 2.75) is 26.7 Å². The van der Waals surface area contributed by atoms with E-state index in [1.54, 1.807) is 11.9 Å². The molecule has 0 spiro atoms. The van der Waals surface area contributed by atoms with E-state index in [4.69, 9.17) is 0 Å². The molecule has 108 valence electrons. The van der Waals surface area contributed by atoms with Crippen molar-refractivity contribution in [2.24, 2.45) is 17.8 Å². The summed E-state index contributed by atoms with van der Waals surface area (Å²) < 4.78 is 0. The van der Waals surface area contributed by atoms with Gasteiger partial charge in [0.25, 0.3) is 0 Å². The van der Waals surface area contributed by atoms with E-state index in [2.05, 4.69) is 0 Å². The number of carboxylic acid groups (broad SMARTS) is 1. The third-order valence-electron chi connectivity index (χ3n) is 4.15. The van der Waals surface area contributed by atoms with Crippen LogP contribution in [0.4, 0.5) is 5.69 Å². The summed E-state index contributed by atoms with van der Waals surface area (Å²) in [6, 6.07) is 7.69. The van der Waals surface area contributed by atoms with Crippen molar-refractivity contribution in [3.63, 3.8) is 0 Å². The Morgan fingerprint density at radius 2 is 1.90 bits per heavy atom. The molecule has 4 nitrogen and oxygen atoms in total. The number of carbonyl (C=O) groups excluding carboxylic acids is 1. The summed E-state index contributed by atoms with van der Waals surface area (Å²) in [6.45, 7) is 3.98. The van der Waals surface area contributed by atoms with Gasteiger partial charge in [-0.3, -0.25) is 9.59 Å². The molecular weight excluding hydrogens is 254 g/mol. The predicted octanol–water partition coefficient (Wildman–Crippen LogP) is 2.70. The molecule has 0 aromatic heterocycles. The lowest BCUT2D eigenvalue weighted by atomic mass is 9.94. The number of amides is 1. The molecule has 0 aliphatic heterocycles. The normalized spacial score (nSPS) is 25.4. The van der Waals surface area contributed by atoms with Gasteiger partial charge in [0.1, 0.15) is 0 Å². The van der Waals surface area contributed by atoms with E-state index in [0.717, 1.165) is 11.3 Å². The second-order valence-corrected chi connectivity index (χ2v) is 5.86. The zero-order chi connectivity index (χ0) is 14.9. The quantitative estimate of drug-likeness (QED) is 0.922. The minimum atomic E-state index is -0.856. The summed E-state index contributed by atoms with van der Waals surface area (Å²) in [7, 11) is 1.72. The van der Waals surface area contributed by atoms with Crippen LogP contribution in [0.1, 0.15) is 25.3 Å². The third-order valence-corrected chi connectivity index (χ3v) is 4.15. The second kappa shape index (κ2) is 5.65. The van der Waals surface area contributed by atoms with Crippen LogP contribution in [-0.2, 0) is 9.59 Å². The Balaban J connectivity index is 2.20. The SMILES string of the molecule is Cc1cccc(N(C)C(=O)C2CC(C)CC2C(=O)O)c1. The second-order valence-electron chi connectivity index (χ2n) is 5.86. The topological polar surface area (TPSA) is 57.6 Å². The number of benzene rings is 1. The molecule has 1 aliphatic carbocycles. The van der Waals surface area contributed by atoms with E-state index < -0.39 is 17.8 Å². The molecule has 2 rings (SSSR count). The minimum Gasteiger partial charge on any atom is -0.481 e. The number of aliphatic carboxylic acids is 1. The number of carboxylic acids is 1. The highest BCUT2D eigenvalue weighted by Crippen LogP contribution is 2.38. The molecule has 0 heterocycles. The van der Waals surface area contributed by atoms with Gasteiger partial charge in [-0.25, -0.2) is 0 Å². The Bertz CT molecular complexity index is 526. The number of aryl methyl sites for hydroxylation is 1. The number of hydrogen-bond acceptors (Lipinski definition) is 2. The van der Waals surface area contributed by atoms with E-state index in [9.17, 15) is 14.7 Å². The molecule has 1 N–H and O–H groups in total. The zero-order valence-electron chi connectivity index (χ0n) is 12.2. The van der Waals surface area contributed by atoms with Crippen molar-refractivity contribution in [1.82, 2.24) is 0 Å². The Morgan fingerprint density at radius 1 is 1.25 bits per heavy atom. The van der Waals surface area contributed by atoms with E-state index >= 15 is 0 Å². The van der Waals surface area contributed by atoms with E-state index in [1.165, 1.54) is 0 Å². The van der Waals surface area contributed by atoms with Gasteiger partial charge >= 0.3 is 5.97 Å². The van der Waals surface area contributed by atoms with Crippen LogP contribution < -0.4 is 4.90 Å². The first-order valence-electron chi connectivity index (χ1n) is 6.97. The van der Waals surface area contributed by atoms with Crippen molar-refractivity contribution in [3.05, 3.63) is 29.8 Å². The fraction of sp³-hybridized carbons (Fsp3) is 0.500. The van der Waals surface area contributed by atoms with Crippen LogP contribution in [0.5, 0.6) is 0 Å². The van der Waals surface area contributed by atoms with Gasteiger partial charge in [0.15, 0.2) is 0 Å². The molecule has 1 aromatic rings. The van der Waals surface area contributed by atoms with Gasteiger partial charge in [0, 0.05) is 12.7 Å². The molecule has 4 heteroatoms. The standard InChI is InChI=1S/C16H21NO3/c1-10-5-4-6-12(7-10)17(3)15(18)13-8-11(2)9-14(13)16(19)20/h4-7,11,13-14H,8-9H2,1-3H3,(H,19,20). The average molecular weight is 275 g/mol. The fourth-order valence-electron chi connectivity index (χ4n) is 3.05. The highest BCUT2D eigenvalue weighted by molar-refractivity contribution is 5.97. The van der Waals surface area contributed by atoms with Crippen molar-refractivity contribution < 1.29 is 14.7 Å². The maximum atomic E-state index is 12.6. The third kappa shape index (κ3) is 2.84. The van der Waals surface area contributed by atoms with Crippen molar-refractivity contribution >= 4 is 17.6 Å². The summed E-state index contributed by atoms with van der Waals surface area (Å²) in [5.41, 5.74) is 1.90. The molecule has 1 saturated carbocycles. The van der Waals surface area contributed by atoms with Crippen LogP contribution in [0, 0.1) is 24.7 Å². The van der Waals surface area contributed by atoms with Gasteiger partial charge in [-0.1, -0.05) is 19.1 Å². The van der Waals surface area contributed by atoms with Crippen LogP contribution in [0.25, 0.3) is 0 Å². The monoisotopic (exact) mass is 275 g/mol. The predicted molar refractivity (Wildman–Crippen MR) is 77.6 cm³/mol. The van der Waals surface area contributed by atoms with Crippen molar-refractivity contribution in [2.75, 3.05) is 11.9 Å². The molecule has 0 bridgehead atoms. The van der Waals surface area contributed by atoms with Crippen LogP contribution in [0.15, 0.2) is 24.3 Å². The van der Waals surface area contributed by atoms with Crippen LogP contribution in [-0.4, -0.2) is 24.0 Å². The largest absolute Gasteiger partial charge is 0.481 e. The summed E-state index contributed by atoms with van der Waals surface area (Å²) in [4.78, 5) is 25.5. The summed E-state index contributed by atoms with van der Waals surface area (Å²) in [5.74, 6) is -1.62. The van der Waals surface area contributed by atoms with Crippen LogP contribution in [0.3, 0.4) is 0 Å². The lowest BCUT2D eigenvalue weighted by Gasteiger charge is -2.23. The number of hydrogen-bond donors (Lipinski definition) is 1. The average Bonchev–Trinajstić information content (AvgIpc) is 2.79. The number of nitrogens with zero attached hydrogens (tertiary/aromatic N) is 1. The molecule has 1 fully saturated rings. The molecule has 0 saturated heterocycles. The van der Waals surface area contributed by atoms with E-state index in [0.29, 0.717) is 12.8 Å². The summed E-state index contributed by atoms with van der Waals surface area (Å²) in [5, 5.41) is 9.28. The summed E-state index contributed by atoms with van der Waals surface area (Å²) in [6.07, 6.45) is 1.25. The lowest BCUT2D eigenvalue weighted by molar-refractivity contribution is -0.145. The Morgan fingerprint density at radius 3 is 2.50 bits per heavy atom. The molecule has 3 atom stereocenters. The van der Waals surface area contributed by atoms with Crippen LogP contribution >= 0.6 is 0 Å². The van der Waals surface area contributed by atoms with E-state index in [-0.39, 0.29) is 11.8 Å². The van der Waals surface area contributed by atoms with Gasteiger partial charge in [0.05, 0.1) is 11.8 Å². The van der Waals surface area contributed by atoms with Crippen molar-refractivity contribution in [3.8, 4) is 0 Å². The first-order valence-corrected chi connectivity index (χ1v) is 6.97. The molecular formula is C16H21NO3. The highest BCUT2D eigenvalue weighted by atomic mass is 16.4. The first-order chi connectivity index (χ1) is 9.40. The fourth-order valence-corrected chi connectivity index (χ4v) is 3.05. The maximum Gasteiger partial charge on any atom is 0.307 e. The van der Waals surface area contributed by atoms with E-state index in [1.807, 2.05) is 38.1 Å². The molecule has 0 radical (unpaired) electrons. The molecule has 20 heavy (non-hydrogen) atoms. The number of rotatable bonds is 3. The Kier molecular flexibility index (Phi) is 4.12. The smallest absolute Gasteiger partial charge is 0.307 e. The molecule has 3 unspecified atom stereocenters. The van der Waals surface area contributed by atoms with Gasteiger partial charge in [-0.2, -0.15) is 0 Å². The van der Waals surface area contributed by atoms with Crippen LogP contribution in [0.2, 0.25) is 0 Å². The Hall–Kier alpha value is -1.84. The maximum absolute atomic E-state index is 12.6. The lowest BCUT2D eigenvalue weighted by Crippen LogP contribution is -2.36. The molecule has 1 aliphatic rings. The number of carbonyl (C=O) groups is 2. The van der Waals surface area contributed by atoms with Gasteiger partial charge in [-0.15, -0.1) is 0 Å². The minimum absolute atomic E-state index is 0.0904. The van der Waals surface area contributed by atoms with Gasteiger partial charge in [0.2, 0.25) is 5.91 Å². The number of anilines is 1. The van der Waals surface area contributed by atoms with Gasteiger partial charge < -0.3 is 10.0 Å². The summed E-state index contributed by atoms with van der Waals surface area (Å²) >= 11 is 0. The molecule has 1 aromatic carbocycles. The zero-order valence-corrected chi connectivity index (χ0v) is 12.2. The molecule has 1 amide bonds. The Labute approximate surface area is 119 Å². The first kappa shape index (κ1) is 14.6. The van der Waals surface area contributed by atoms with Gasteiger partial charge in [-0.05, 0) is 43.4 Å². The van der Waals surface area contributed by atoms with Crippen molar-refractivity contribution in [1.29, 1.82) is 0 Å². The highest BCUT2D eigenvalue weighted by Gasteiger charge is 2.42.